The Labute approximate surface area is 116 Å². The van der Waals surface area contributed by atoms with Gasteiger partial charge in [0.25, 0.3) is 0 Å². The summed E-state index contributed by atoms with van der Waals surface area (Å²) in [5, 5.41) is 4.96. The molecule has 0 aliphatic carbocycles. The Kier molecular flexibility index (Phi) is 3.96. The van der Waals surface area contributed by atoms with Crippen LogP contribution < -0.4 is 14.8 Å². The molecule has 0 aromatic heterocycles. The molecule has 1 fully saturated rings. The van der Waals surface area contributed by atoms with Crippen LogP contribution in [0.4, 0.5) is 10.1 Å². The van der Waals surface area contributed by atoms with Crippen LogP contribution in [0.5, 0.6) is 5.75 Å². The summed E-state index contributed by atoms with van der Waals surface area (Å²) in [5.74, 6) is -1.26. The van der Waals surface area contributed by atoms with E-state index in [1.807, 2.05) is 0 Å². The van der Waals surface area contributed by atoms with Crippen molar-refractivity contribution in [3.63, 3.8) is 0 Å². The zero-order valence-electron chi connectivity index (χ0n) is 10.9. The van der Waals surface area contributed by atoms with E-state index >= 15 is 0 Å². The monoisotopic (exact) mass is 302 g/mol. The number of hydrogen-bond acceptors (Lipinski definition) is 4. The first-order valence-corrected chi connectivity index (χ1v) is 7.66. The van der Waals surface area contributed by atoms with Crippen molar-refractivity contribution in [2.75, 3.05) is 24.3 Å². The van der Waals surface area contributed by atoms with Gasteiger partial charge in [-0.15, -0.1) is 0 Å². The van der Waals surface area contributed by atoms with E-state index in [2.05, 4.69) is 0 Å². The summed E-state index contributed by atoms with van der Waals surface area (Å²) < 4.78 is 40.9. The Bertz CT molecular complexity index is 632. The molecule has 1 heterocycles. The van der Waals surface area contributed by atoms with Crippen molar-refractivity contribution >= 4 is 21.6 Å². The van der Waals surface area contributed by atoms with Crippen molar-refractivity contribution in [3.8, 4) is 5.75 Å². The van der Waals surface area contributed by atoms with E-state index in [0.29, 0.717) is 5.75 Å². The van der Waals surface area contributed by atoms with Crippen LogP contribution in [-0.4, -0.2) is 33.7 Å². The maximum absolute atomic E-state index is 13.9. The summed E-state index contributed by atoms with van der Waals surface area (Å²) in [4.78, 5) is 13.1. The Morgan fingerprint density at radius 1 is 1.50 bits per heavy atom. The summed E-state index contributed by atoms with van der Waals surface area (Å²) >= 11 is 0. The lowest BCUT2D eigenvalue weighted by Crippen LogP contribution is -2.28. The summed E-state index contributed by atoms with van der Waals surface area (Å²) in [6.07, 6.45) is 0.0436. The number of ether oxygens (including phenoxy) is 1. The molecule has 1 atom stereocenters. The molecule has 1 aromatic rings. The fraction of sp³-hybridized carbons (Fsp3) is 0.417. The van der Waals surface area contributed by atoms with Crippen LogP contribution in [0.1, 0.15) is 6.42 Å². The summed E-state index contributed by atoms with van der Waals surface area (Å²) in [6.45, 7) is 0.137. The first-order valence-electron chi connectivity index (χ1n) is 5.94. The number of anilines is 1. The van der Waals surface area contributed by atoms with Crippen LogP contribution in [-0.2, 0) is 14.8 Å². The Morgan fingerprint density at radius 3 is 2.75 bits per heavy atom. The molecule has 0 spiro atoms. The zero-order valence-corrected chi connectivity index (χ0v) is 11.7. The lowest BCUT2D eigenvalue weighted by Gasteiger charge is -2.17. The number of benzene rings is 1. The summed E-state index contributed by atoms with van der Waals surface area (Å²) in [7, 11) is -2.24. The smallest absolute Gasteiger partial charge is 0.227 e. The van der Waals surface area contributed by atoms with Gasteiger partial charge in [-0.1, -0.05) is 0 Å². The van der Waals surface area contributed by atoms with Gasteiger partial charge >= 0.3 is 0 Å². The molecule has 2 N–H and O–H groups in total. The molecular formula is C12H15FN2O4S. The first kappa shape index (κ1) is 14.7. The second-order valence-corrected chi connectivity index (χ2v) is 6.38. The van der Waals surface area contributed by atoms with E-state index in [0.717, 1.165) is 0 Å². The van der Waals surface area contributed by atoms with Crippen LogP contribution in [0.25, 0.3) is 0 Å². The number of sulfonamides is 1. The number of nitrogens with two attached hydrogens (primary N) is 1. The van der Waals surface area contributed by atoms with Crippen LogP contribution in [0, 0.1) is 11.7 Å². The highest BCUT2D eigenvalue weighted by atomic mass is 32.2. The maximum Gasteiger partial charge on any atom is 0.227 e. The van der Waals surface area contributed by atoms with Gasteiger partial charge in [0.05, 0.1) is 18.6 Å². The van der Waals surface area contributed by atoms with Gasteiger partial charge in [0.15, 0.2) is 5.82 Å². The minimum absolute atomic E-state index is 0.0436. The molecule has 1 amide bonds. The zero-order chi connectivity index (χ0) is 14.9. The van der Waals surface area contributed by atoms with Crippen molar-refractivity contribution < 1.29 is 22.3 Å². The lowest BCUT2D eigenvalue weighted by molar-refractivity contribution is -0.117. The molecule has 1 aromatic carbocycles. The van der Waals surface area contributed by atoms with Crippen LogP contribution in [0.15, 0.2) is 18.2 Å². The van der Waals surface area contributed by atoms with Gasteiger partial charge in [0.1, 0.15) is 5.75 Å². The number of hydrogen-bond donors (Lipinski definition) is 1. The molecule has 8 heteroatoms. The SMILES string of the molecule is COc1ccc(N2CC(CS(N)(=O)=O)CC2=O)c(F)c1. The first-order chi connectivity index (χ1) is 9.30. The third-order valence-electron chi connectivity index (χ3n) is 3.12. The number of carbonyl (C=O) groups excluding carboxylic acids is 1. The predicted octanol–water partition coefficient (Wildman–Crippen LogP) is 0.476. The van der Waals surface area contributed by atoms with Crippen molar-refractivity contribution in [1.29, 1.82) is 0 Å². The van der Waals surface area contributed by atoms with Gasteiger partial charge in [-0.25, -0.2) is 17.9 Å². The highest BCUT2D eigenvalue weighted by Gasteiger charge is 2.34. The van der Waals surface area contributed by atoms with Crippen molar-refractivity contribution in [2.24, 2.45) is 11.1 Å². The molecule has 6 nitrogen and oxygen atoms in total. The van der Waals surface area contributed by atoms with Crippen molar-refractivity contribution in [2.45, 2.75) is 6.42 Å². The summed E-state index contributed by atoms with van der Waals surface area (Å²) in [6, 6.07) is 4.15. The molecule has 1 saturated heterocycles. The minimum atomic E-state index is -3.65. The van der Waals surface area contributed by atoms with Gasteiger partial charge in [-0.05, 0) is 12.1 Å². The Morgan fingerprint density at radius 2 is 2.20 bits per heavy atom. The van der Waals surface area contributed by atoms with Crippen molar-refractivity contribution in [1.82, 2.24) is 0 Å². The predicted molar refractivity (Wildman–Crippen MR) is 71.4 cm³/mol. The topological polar surface area (TPSA) is 89.7 Å². The fourth-order valence-electron chi connectivity index (χ4n) is 2.29. The van der Waals surface area contributed by atoms with Gasteiger partial charge in [0, 0.05) is 24.9 Å². The van der Waals surface area contributed by atoms with E-state index in [-0.39, 0.29) is 30.3 Å². The van der Waals surface area contributed by atoms with Gasteiger partial charge in [-0.2, -0.15) is 0 Å². The Hall–Kier alpha value is -1.67. The molecular weight excluding hydrogens is 287 g/mol. The summed E-state index contributed by atoms with van der Waals surface area (Å²) in [5.41, 5.74) is 0.118. The van der Waals surface area contributed by atoms with E-state index < -0.39 is 21.8 Å². The van der Waals surface area contributed by atoms with Crippen molar-refractivity contribution in [3.05, 3.63) is 24.0 Å². The van der Waals surface area contributed by atoms with Gasteiger partial charge < -0.3 is 9.64 Å². The van der Waals surface area contributed by atoms with E-state index in [9.17, 15) is 17.6 Å². The molecule has 1 aliphatic heterocycles. The quantitative estimate of drug-likeness (QED) is 0.875. The number of halogens is 1. The number of methoxy groups -OCH3 is 1. The molecule has 20 heavy (non-hydrogen) atoms. The largest absolute Gasteiger partial charge is 0.497 e. The number of primary sulfonamides is 1. The van der Waals surface area contributed by atoms with Crippen LogP contribution in [0.2, 0.25) is 0 Å². The third kappa shape index (κ3) is 3.26. The Balaban J connectivity index is 2.20. The fourth-order valence-corrected chi connectivity index (χ4v) is 3.17. The number of carbonyl (C=O) groups is 1. The average molecular weight is 302 g/mol. The maximum atomic E-state index is 13.9. The van der Waals surface area contributed by atoms with Crippen LogP contribution in [0.3, 0.4) is 0 Å². The molecule has 0 saturated carbocycles. The van der Waals surface area contributed by atoms with E-state index in [1.165, 1.54) is 24.1 Å². The molecule has 1 aliphatic rings. The lowest BCUT2D eigenvalue weighted by atomic mass is 10.1. The molecule has 0 bridgehead atoms. The number of amides is 1. The molecule has 110 valence electrons. The average Bonchev–Trinajstić information content (AvgIpc) is 2.67. The van der Waals surface area contributed by atoms with Crippen LogP contribution >= 0.6 is 0 Å². The number of nitrogens with zero attached hydrogens (tertiary/aromatic N) is 1. The van der Waals surface area contributed by atoms with Gasteiger partial charge in [-0.3, -0.25) is 4.79 Å². The highest BCUT2D eigenvalue weighted by molar-refractivity contribution is 7.89. The standard InChI is InChI=1S/C12H15FN2O4S/c1-19-9-2-3-11(10(13)5-9)15-6-8(4-12(15)16)7-20(14,17)18/h2-3,5,8H,4,6-7H2,1H3,(H2,14,17,18). The number of rotatable bonds is 4. The third-order valence-corrected chi connectivity index (χ3v) is 4.05. The molecule has 2 rings (SSSR count). The van der Waals surface area contributed by atoms with Gasteiger partial charge in [0.2, 0.25) is 15.9 Å². The highest BCUT2D eigenvalue weighted by Crippen LogP contribution is 2.29. The molecule has 1 unspecified atom stereocenters. The van der Waals surface area contributed by atoms with E-state index in [1.54, 1.807) is 6.07 Å². The minimum Gasteiger partial charge on any atom is -0.497 e. The second kappa shape index (κ2) is 5.37. The second-order valence-electron chi connectivity index (χ2n) is 4.72. The molecule has 0 radical (unpaired) electrons. The van der Waals surface area contributed by atoms with E-state index in [4.69, 9.17) is 9.88 Å². The normalized spacial score (nSPS) is 19.4.